The van der Waals surface area contributed by atoms with Crippen LogP contribution in [0.5, 0.6) is 0 Å². The summed E-state index contributed by atoms with van der Waals surface area (Å²) >= 11 is 0. The Kier molecular flexibility index (Phi) is 6.95. The van der Waals surface area contributed by atoms with E-state index in [1.807, 2.05) is 18.2 Å². The van der Waals surface area contributed by atoms with Crippen molar-refractivity contribution in [2.45, 2.75) is 18.9 Å². The quantitative estimate of drug-likeness (QED) is 0.566. The van der Waals surface area contributed by atoms with Crippen molar-refractivity contribution < 1.29 is 18.8 Å². The Balaban J connectivity index is 1.30. The molecular weight excluding hydrogens is 348 g/mol. The number of unbranched alkanes of at least 4 members (excludes halogenated alkanes) is 1. The highest BCUT2D eigenvalue weighted by molar-refractivity contribution is 6.39. The molecule has 0 spiro atoms. The van der Waals surface area contributed by atoms with Crippen molar-refractivity contribution in [1.82, 2.24) is 15.4 Å². The smallest absolute Gasteiger partial charge is 0.314 e. The zero-order valence-corrected chi connectivity index (χ0v) is 15.1. The fourth-order valence-corrected chi connectivity index (χ4v) is 2.97. The fourth-order valence-electron chi connectivity index (χ4n) is 2.97. The summed E-state index contributed by atoms with van der Waals surface area (Å²) in [6.45, 7) is 3.90. The molecule has 8 nitrogen and oxygen atoms in total. The average Bonchev–Trinajstić information content (AvgIpc) is 3.21. The molecule has 0 unspecified atom stereocenters. The highest BCUT2D eigenvalue weighted by Gasteiger charge is 2.21. The Morgan fingerprint density at radius 2 is 2.00 bits per heavy atom. The number of hydrogen-bond donors (Lipinski definition) is 2. The van der Waals surface area contributed by atoms with Crippen molar-refractivity contribution in [3.05, 3.63) is 48.2 Å². The van der Waals surface area contributed by atoms with Gasteiger partial charge in [0.2, 0.25) is 0 Å². The van der Waals surface area contributed by atoms with E-state index in [1.54, 1.807) is 0 Å². The summed E-state index contributed by atoms with van der Waals surface area (Å²) in [6.07, 6.45) is 3.17. The van der Waals surface area contributed by atoms with Gasteiger partial charge in [-0.05, 0) is 24.9 Å². The number of hydrogen-bond acceptors (Lipinski definition) is 6. The molecule has 0 aliphatic carbocycles. The highest BCUT2D eigenvalue weighted by Crippen LogP contribution is 2.21. The highest BCUT2D eigenvalue weighted by atomic mass is 16.5. The van der Waals surface area contributed by atoms with Crippen LogP contribution in [0.4, 0.5) is 5.82 Å². The van der Waals surface area contributed by atoms with E-state index >= 15 is 0 Å². The lowest BCUT2D eigenvalue weighted by Gasteiger charge is -2.33. The van der Waals surface area contributed by atoms with Gasteiger partial charge in [-0.15, -0.1) is 0 Å². The van der Waals surface area contributed by atoms with Gasteiger partial charge in [0.25, 0.3) is 0 Å². The van der Waals surface area contributed by atoms with Gasteiger partial charge in [-0.2, -0.15) is 0 Å². The lowest BCUT2D eigenvalue weighted by Crippen LogP contribution is -2.39. The van der Waals surface area contributed by atoms with Crippen LogP contribution in [-0.4, -0.2) is 54.7 Å². The van der Waals surface area contributed by atoms with E-state index < -0.39 is 11.8 Å². The molecule has 2 aromatic rings. The first kappa shape index (κ1) is 19.1. The van der Waals surface area contributed by atoms with Crippen molar-refractivity contribution in [3.63, 3.8) is 0 Å². The molecule has 1 aromatic carbocycles. The summed E-state index contributed by atoms with van der Waals surface area (Å²) in [6, 6.07) is 11.7. The maximum absolute atomic E-state index is 11.7. The Morgan fingerprint density at radius 1 is 1.15 bits per heavy atom. The molecule has 1 atom stereocenters. The first-order valence-corrected chi connectivity index (χ1v) is 9.11. The van der Waals surface area contributed by atoms with Gasteiger partial charge in [-0.1, -0.05) is 35.5 Å². The van der Waals surface area contributed by atoms with E-state index in [4.69, 9.17) is 4.74 Å². The number of anilines is 1. The number of ether oxygens (including phenoxy) is 1. The van der Waals surface area contributed by atoms with Gasteiger partial charge in [0.15, 0.2) is 5.82 Å². The Labute approximate surface area is 157 Å². The summed E-state index contributed by atoms with van der Waals surface area (Å²) in [7, 11) is 0. The topological polar surface area (TPSA) is 96.7 Å². The maximum atomic E-state index is 11.7. The predicted octanol–water partition coefficient (Wildman–Crippen LogP) is 1.58. The lowest BCUT2D eigenvalue weighted by molar-refractivity contribution is -0.136. The van der Waals surface area contributed by atoms with Gasteiger partial charge in [-0.25, -0.2) is 0 Å². The van der Waals surface area contributed by atoms with Crippen LogP contribution in [0.2, 0.25) is 0 Å². The van der Waals surface area contributed by atoms with E-state index in [9.17, 15) is 9.59 Å². The Morgan fingerprint density at radius 3 is 2.78 bits per heavy atom. The van der Waals surface area contributed by atoms with Crippen molar-refractivity contribution in [1.29, 1.82) is 0 Å². The molecule has 2 amide bonds. The SMILES string of the molecule is O=C(NCCCCN1CCO[C@@H](c2ccccc2)C1)C(=O)Nc1ccon1. The monoisotopic (exact) mass is 372 g/mol. The molecule has 8 heteroatoms. The van der Waals surface area contributed by atoms with Crippen LogP contribution in [0.15, 0.2) is 47.2 Å². The standard InChI is InChI=1S/C19H24N4O4/c24-18(19(25)21-17-8-12-27-22-17)20-9-4-5-10-23-11-13-26-16(14-23)15-6-2-1-3-7-15/h1-3,6-8,12,16H,4-5,9-11,13-14H2,(H,20,24)(H,21,22,25)/t16-/m1/s1. The summed E-state index contributed by atoms with van der Waals surface area (Å²) in [5.74, 6) is -1.20. The second-order valence-corrected chi connectivity index (χ2v) is 6.37. The van der Waals surface area contributed by atoms with Gasteiger partial charge in [0.1, 0.15) is 6.26 Å². The van der Waals surface area contributed by atoms with Gasteiger partial charge >= 0.3 is 11.8 Å². The van der Waals surface area contributed by atoms with Crippen LogP contribution in [0.3, 0.4) is 0 Å². The molecular formula is C19H24N4O4. The van der Waals surface area contributed by atoms with Gasteiger partial charge in [0, 0.05) is 25.7 Å². The molecule has 0 radical (unpaired) electrons. The third kappa shape index (κ3) is 5.90. The van der Waals surface area contributed by atoms with Crippen molar-refractivity contribution in [2.75, 3.05) is 38.1 Å². The predicted molar refractivity (Wildman–Crippen MR) is 99.0 cm³/mol. The zero-order valence-electron chi connectivity index (χ0n) is 15.1. The normalized spacial score (nSPS) is 17.4. The van der Waals surface area contributed by atoms with Gasteiger partial charge in [0.05, 0.1) is 12.7 Å². The summed E-state index contributed by atoms with van der Waals surface area (Å²) in [5, 5.41) is 8.50. The van der Waals surface area contributed by atoms with Crippen LogP contribution >= 0.6 is 0 Å². The first-order valence-electron chi connectivity index (χ1n) is 9.11. The summed E-state index contributed by atoms with van der Waals surface area (Å²) in [5.41, 5.74) is 1.20. The van der Waals surface area contributed by atoms with Crippen molar-refractivity contribution >= 4 is 17.6 Å². The Bertz CT molecular complexity index is 721. The van der Waals surface area contributed by atoms with Crippen LogP contribution in [-0.2, 0) is 14.3 Å². The minimum atomic E-state index is -0.747. The molecule has 144 valence electrons. The van der Waals surface area contributed by atoms with E-state index in [-0.39, 0.29) is 11.9 Å². The number of carbonyl (C=O) groups excluding carboxylic acids is 2. The molecule has 1 saturated heterocycles. The molecule has 1 aliphatic rings. The molecule has 2 N–H and O–H groups in total. The number of carbonyl (C=O) groups is 2. The molecule has 1 fully saturated rings. The minimum absolute atomic E-state index is 0.111. The minimum Gasteiger partial charge on any atom is -0.371 e. The summed E-state index contributed by atoms with van der Waals surface area (Å²) < 4.78 is 10.5. The number of morpholine rings is 1. The molecule has 1 aromatic heterocycles. The van der Waals surface area contributed by atoms with Crippen molar-refractivity contribution in [2.24, 2.45) is 0 Å². The molecule has 3 rings (SSSR count). The second kappa shape index (κ2) is 9.84. The first-order chi connectivity index (χ1) is 13.2. The molecule has 2 heterocycles. The van der Waals surface area contributed by atoms with Crippen molar-refractivity contribution in [3.8, 4) is 0 Å². The number of nitrogens with one attached hydrogen (secondary N) is 2. The average molecular weight is 372 g/mol. The number of amides is 2. The Hall–Kier alpha value is -2.71. The van der Waals surface area contributed by atoms with Gasteiger partial charge in [-0.3, -0.25) is 19.8 Å². The number of aromatic nitrogens is 1. The molecule has 0 saturated carbocycles. The third-order valence-corrected chi connectivity index (χ3v) is 4.39. The molecule has 0 bridgehead atoms. The zero-order chi connectivity index (χ0) is 18.9. The third-order valence-electron chi connectivity index (χ3n) is 4.39. The van der Waals surface area contributed by atoms with E-state index in [2.05, 4.69) is 37.3 Å². The van der Waals surface area contributed by atoms with Crippen LogP contribution in [0.1, 0.15) is 24.5 Å². The maximum Gasteiger partial charge on any atom is 0.314 e. The number of nitrogens with zero attached hydrogens (tertiary/aromatic N) is 2. The number of benzene rings is 1. The van der Waals surface area contributed by atoms with E-state index in [0.29, 0.717) is 6.54 Å². The lowest BCUT2D eigenvalue weighted by atomic mass is 10.1. The largest absolute Gasteiger partial charge is 0.371 e. The van der Waals surface area contributed by atoms with E-state index in [1.165, 1.54) is 17.9 Å². The number of rotatable bonds is 7. The van der Waals surface area contributed by atoms with Gasteiger partial charge < -0.3 is 14.6 Å². The van der Waals surface area contributed by atoms with Crippen LogP contribution in [0, 0.1) is 0 Å². The van der Waals surface area contributed by atoms with E-state index in [0.717, 1.165) is 39.1 Å². The van der Waals surface area contributed by atoms with Crippen LogP contribution in [0.25, 0.3) is 0 Å². The molecule has 1 aliphatic heterocycles. The second-order valence-electron chi connectivity index (χ2n) is 6.37. The summed E-state index contributed by atoms with van der Waals surface area (Å²) in [4.78, 5) is 25.8. The van der Waals surface area contributed by atoms with Crippen LogP contribution < -0.4 is 10.6 Å². The molecule has 27 heavy (non-hydrogen) atoms. The fraction of sp³-hybridized carbons (Fsp3) is 0.421.